The van der Waals surface area contributed by atoms with Crippen LogP contribution in [-0.2, 0) is 9.59 Å². The van der Waals surface area contributed by atoms with Crippen molar-refractivity contribution >= 4 is 46.3 Å². The maximum atomic E-state index is 12.3. The van der Waals surface area contributed by atoms with Crippen LogP contribution in [0.25, 0.3) is 6.08 Å². The van der Waals surface area contributed by atoms with Gasteiger partial charge in [0.1, 0.15) is 4.32 Å². The van der Waals surface area contributed by atoms with Gasteiger partial charge in [0.2, 0.25) is 0 Å². The number of carboxylic acids is 1. The number of carbonyl (C=O) groups excluding carboxylic acids is 1. The number of hydrogen-bond acceptors (Lipinski definition) is 4. The summed E-state index contributed by atoms with van der Waals surface area (Å²) in [6.07, 6.45) is 2.26. The average Bonchev–Trinajstić information content (AvgIpc) is 2.66. The summed E-state index contributed by atoms with van der Waals surface area (Å²) in [6, 6.07) is 7.87. The van der Waals surface area contributed by atoms with Gasteiger partial charge < -0.3 is 5.11 Å². The SMILES string of the molecule is Cc1cccc(C=C2SC(=S)N(CCCC(=O)O)C2=O)c1. The lowest BCUT2D eigenvalue weighted by Crippen LogP contribution is -2.29. The lowest BCUT2D eigenvalue weighted by atomic mass is 10.1. The Labute approximate surface area is 132 Å². The van der Waals surface area contributed by atoms with E-state index >= 15 is 0 Å². The first-order valence-corrected chi connectivity index (χ1v) is 7.73. The van der Waals surface area contributed by atoms with Gasteiger partial charge in [-0.05, 0) is 25.0 Å². The molecule has 2 rings (SSSR count). The molecule has 1 aromatic rings. The number of aryl methyl sites for hydroxylation is 1. The largest absolute Gasteiger partial charge is 0.481 e. The Morgan fingerprint density at radius 3 is 2.90 bits per heavy atom. The quantitative estimate of drug-likeness (QED) is 0.667. The van der Waals surface area contributed by atoms with E-state index in [1.807, 2.05) is 37.3 Å². The molecular formula is C15H15NO3S2. The monoisotopic (exact) mass is 321 g/mol. The molecule has 0 aliphatic carbocycles. The smallest absolute Gasteiger partial charge is 0.303 e. The number of hydrogen-bond donors (Lipinski definition) is 1. The molecule has 0 spiro atoms. The Morgan fingerprint density at radius 2 is 2.24 bits per heavy atom. The van der Waals surface area contributed by atoms with E-state index in [2.05, 4.69) is 0 Å². The molecule has 1 amide bonds. The van der Waals surface area contributed by atoms with Crippen LogP contribution in [0.15, 0.2) is 29.2 Å². The van der Waals surface area contributed by atoms with Gasteiger partial charge in [-0.25, -0.2) is 0 Å². The van der Waals surface area contributed by atoms with Gasteiger partial charge in [-0.1, -0.05) is 53.8 Å². The molecule has 1 N–H and O–H groups in total. The van der Waals surface area contributed by atoms with Gasteiger partial charge in [0.15, 0.2) is 0 Å². The van der Waals surface area contributed by atoms with Crippen molar-refractivity contribution in [1.29, 1.82) is 0 Å². The van der Waals surface area contributed by atoms with Gasteiger partial charge in [0.25, 0.3) is 5.91 Å². The molecule has 110 valence electrons. The first-order chi connectivity index (χ1) is 9.97. The van der Waals surface area contributed by atoms with Crippen LogP contribution in [0.1, 0.15) is 24.0 Å². The van der Waals surface area contributed by atoms with Gasteiger partial charge in [0.05, 0.1) is 4.91 Å². The highest BCUT2D eigenvalue weighted by molar-refractivity contribution is 8.26. The van der Waals surface area contributed by atoms with Crippen molar-refractivity contribution < 1.29 is 14.7 Å². The van der Waals surface area contributed by atoms with Crippen LogP contribution in [0.2, 0.25) is 0 Å². The Bertz CT molecular complexity index is 625. The van der Waals surface area contributed by atoms with E-state index in [4.69, 9.17) is 17.3 Å². The van der Waals surface area contributed by atoms with E-state index in [1.54, 1.807) is 0 Å². The van der Waals surface area contributed by atoms with Crippen molar-refractivity contribution in [2.75, 3.05) is 6.54 Å². The van der Waals surface area contributed by atoms with Gasteiger partial charge >= 0.3 is 5.97 Å². The lowest BCUT2D eigenvalue weighted by molar-refractivity contribution is -0.137. The number of nitrogens with zero attached hydrogens (tertiary/aromatic N) is 1. The third-order valence-corrected chi connectivity index (χ3v) is 4.36. The molecule has 4 nitrogen and oxygen atoms in total. The van der Waals surface area contributed by atoms with Gasteiger partial charge in [-0.15, -0.1) is 0 Å². The van der Waals surface area contributed by atoms with Crippen molar-refractivity contribution in [3.63, 3.8) is 0 Å². The molecule has 1 aliphatic heterocycles. The van der Waals surface area contributed by atoms with Crippen LogP contribution in [0.4, 0.5) is 0 Å². The summed E-state index contributed by atoms with van der Waals surface area (Å²) in [5.41, 5.74) is 2.08. The fourth-order valence-corrected chi connectivity index (χ4v) is 3.30. The number of thiocarbonyl (C=S) groups is 1. The van der Waals surface area contributed by atoms with E-state index in [1.165, 1.54) is 16.7 Å². The van der Waals surface area contributed by atoms with Crippen molar-refractivity contribution in [2.24, 2.45) is 0 Å². The second kappa shape index (κ2) is 6.87. The molecule has 6 heteroatoms. The maximum Gasteiger partial charge on any atom is 0.303 e. The number of aliphatic carboxylic acids is 1. The van der Waals surface area contributed by atoms with Crippen LogP contribution < -0.4 is 0 Å². The summed E-state index contributed by atoms with van der Waals surface area (Å²) in [6.45, 7) is 2.34. The fraction of sp³-hybridized carbons (Fsp3) is 0.267. The number of carbonyl (C=O) groups is 2. The summed E-state index contributed by atoms with van der Waals surface area (Å²) >= 11 is 6.46. The lowest BCUT2D eigenvalue weighted by Gasteiger charge is -2.13. The molecule has 1 heterocycles. The van der Waals surface area contributed by atoms with Crippen molar-refractivity contribution in [2.45, 2.75) is 19.8 Å². The predicted octanol–water partition coefficient (Wildman–Crippen LogP) is 3.06. The Morgan fingerprint density at radius 1 is 1.48 bits per heavy atom. The molecular weight excluding hydrogens is 306 g/mol. The van der Waals surface area contributed by atoms with Crippen LogP contribution in [0.5, 0.6) is 0 Å². The topological polar surface area (TPSA) is 57.6 Å². The van der Waals surface area contributed by atoms with E-state index in [0.717, 1.165) is 11.1 Å². The molecule has 1 aromatic carbocycles. The first-order valence-electron chi connectivity index (χ1n) is 6.51. The molecule has 0 saturated carbocycles. The second-order valence-corrected chi connectivity index (χ2v) is 6.42. The zero-order chi connectivity index (χ0) is 15.4. The van der Waals surface area contributed by atoms with Gasteiger partial charge in [-0.3, -0.25) is 14.5 Å². The predicted molar refractivity (Wildman–Crippen MR) is 87.9 cm³/mol. The molecule has 0 atom stereocenters. The summed E-state index contributed by atoms with van der Waals surface area (Å²) in [5, 5.41) is 8.64. The second-order valence-electron chi connectivity index (χ2n) is 4.74. The fourth-order valence-electron chi connectivity index (χ4n) is 1.99. The number of benzene rings is 1. The number of rotatable bonds is 5. The minimum absolute atomic E-state index is 0.0357. The summed E-state index contributed by atoms with van der Waals surface area (Å²) in [4.78, 5) is 24.9. The van der Waals surface area contributed by atoms with Crippen molar-refractivity contribution in [3.8, 4) is 0 Å². The third-order valence-electron chi connectivity index (χ3n) is 2.99. The van der Waals surface area contributed by atoms with Crippen molar-refractivity contribution in [3.05, 3.63) is 40.3 Å². The Balaban J connectivity index is 2.08. The molecule has 1 fully saturated rings. The molecule has 0 unspecified atom stereocenters. The summed E-state index contributed by atoms with van der Waals surface area (Å²) < 4.78 is 0.490. The first kappa shape index (κ1) is 15.7. The number of thioether (sulfide) groups is 1. The summed E-state index contributed by atoms with van der Waals surface area (Å²) in [7, 11) is 0. The van der Waals surface area contributed by atoms with Crippen LogP contribution in [-0.4, -0.2) is 32.7 Å². The van der Waals surface area contributed by atoms with E-state index in [0.29, 0.717) is 22.2 Å². The Hall–Kier alpha value is -1.66. The molecule has 0 aromatic heterocycles. The molecule has 1 aliphatic rings. The van der Waals surface area contributed by atoms with E-state index < -0.39 is 5.97 Å². The maximum absolute atomic E-state index is 12.3. The van der Waals surface area contributed by atoms with Crippen LogP contribution in [0.3, 0.4) is 0 Å². The molecule has 1 saturated heterocycles. The number of carboxylic acid groups (broad SMARTS) is 1. The van der Waals surface area contributed by atoms with Crippen molar-refractivity contribution in [1.82, 2.24) is 4.90 Å². The minimum atomic E-state index is -0.865. The minimum Gasteiger partial charge on any atom is -0.481 e. The van der Waals surface area contributed by atoms with E-state index in [9.17, 15) is 9.59 Å². The highest BCUT2D eigenvalue weighted by Crippen LogP contribution is 2.32. The van der Waals surface area contributed by atoms with Gasteiger partial charge in [0, 0.05) is 13.0 Å². The standard InChI is InChI=1S/C15H15NO3S2/c1-10-4-2-5-11(8-10)9-12-14(19)16(15(20)21-12)7-3-6-13(17)18/h2,4-5,8-9H,3,6-7H2,1H3,(H,17,18). The molecule has 0 radical (unpaired) electrons. The average molecular weight is 321 g/mol. The van der Waals surface area contributed by atoms with Crippen LogP contribution in [0, 0.1) is 6.92 Å². The highest BCUT2D eigenvalue weighted by Gasteiger charge is 2.31. The van der Waals surface area contributed by atoms with Crippen LogP contribution >= 0.6 is 24.0 Å². The zero-order valence-corrected chi connectivity index (χ0v) is 13.2. The third kappa shape index (κ3) is 4.15. The number of amides is 1. The van der Waals surface area contributed by atoms with E-state index in [-0.39, 0.29) is 12.3 Å². The zero-order valence-electron chi connectivity index (χ0n) is 11.5. The molecule has 21 heavy (non-hydrogen) atoms. The van der Waals surface area contributed by atoms with Gasteiger partial charge in [-0.2, -0.15) is 0 Å². The molecule has 0 bridgehead atoms. The summed E-state index contributed by atoms with van der Waals surface area (Å²) in [5.74, 6) is -1.01. The highest BCUT2D eigenvalue weighted by atomic mass is 32.2. The Kier molecular flexibility index (Phi) is 5.14. The normalized spacial score (nSPS) is 16.8.